The normalized spacial score (nSPS) is 16.1. The van der Waals surface area contributed by atoms with Gasteiger partial charge in [0, 0.05) is 18.2 Å². The standard InChI is InChI=1S/C13H16N2O3S/c1-10-5-7-13(8-6-10)19(17,18)15-14-11-3-2-4-12(16)9-11/h5-9,14-15H,2-4H2,1H3. The van der Waals surface area contributed by atoms with Crippen molar-refractivity contribution in [3.63, 3.8) is 0 Å². The molecule has 0 amide bonds. The van der Waals surface area contributed by atoms with Crippen LogP contribution in [0.5, 0.6) is 0 Å². The molecule has 0 atom stereocenters. The highest BCUT2D eigenvalue weighted by Crippen LogP contribution is 2.13. The van der Waals surface area contributed by atoms with Gasteiger partial charge in [0.2, 0.25) is 0 Å². The smallest absolute Gasteiger partial charge is 0.257 e. The molecule has 0 unspecified atom stereocenters. The topological polar surface area (TPSA) is 75.3 Å². The highest BCUT2D eigenvalue weighted by Gasteiger charge is 2.15. The zero-order chi connectivity index (χ0) is 13.9. The molecule has 0 saturated carbocycles. The van der Waals surface area contributed by atoms with Gasteiger partial charge < -0.3 is 5.43 Å². The summed E-state index contributed by atoms with van der Waals surface area (Å²) in [5.41, 5.74) is 4.20. The van der Waals surface area contributed by atoms with Gasteiger partial charge >= 0.3 is 0 Å². The number of allylic oxidation sites excluding steroid dienone is 2. The Labute approximate surface area is 112 Å². The van der Waals surface area contributed by atoms with Crippen LogP contribution in [-0.2, 0) is 14.8 Å². The van der Waals surface area contributed by atoms with Crippen LogP contribution in [0.15, 0.2) is 40.9 Å². The number of aryl methyl sites for hydroxylation is 1. The summed E-state index contributed by atoms with van der Waals surface area (Å²) in [4.78, 5) is 13.7. The van der Waals surface area contributed by atoms with Crippen molar-refractivity contribution >= 4 is 15.8 Å². The number of hydrogen-bond acceptors (Lipinski definition) is 4. The average Bonchev–Trinajstić information content (AvgIpc) is 2.37. The van der Waals surface area contributed by atoms with E-state index in [4.69, 9.17) is 0 Å². The molecule has 0 aromatic heterocycles. The summed E-state index contributed by atoms with van der Waals surface area (Å²) < 4.78 is 24.0. The molecule has 0 fully saturated rings. The van der Waals surface area contributed by atoms with E-state index >= 15 is 0 Å². The molecule has 1 aliphatic rings. The minimum absolute atomic E-state index is 0.0169. The average molecular weight is 280 g/mol. The predicted molar refractivity (Wildman–Crippen MR) is 71.6 cm³/mol. The molecule has 1 aliphatic carbocycles. The summed E-state index contributed by atoms with van der Waals surface area (Å²) >= 11 is 0. The third-order valence-corrected chi connectivity index (χ3v) is 4.15. The first-order chi connectivity index (χ1) is 8.97. The first-order valence-corrected chi connectivity index (χ1v) is 7.53. The molecule has 0 saturated heterocycles. The van der Waals surface area contributed by atoms with E-state index in [0.29, 0.717) is 18.5 Å². The number of hydrogen-bond donors (Lipinski definition) is 2. The maximum atomic E-state index is 12.0. The number of sulfonamides is 1. The quantitative estimate of drug-likeness (QED) is 0.818. The van der Waals surface area contributed by atoms with Crippen LogP contribution in [0.1, 0.15) is 24.8 Å². The van der Waals surface area contributed by atoms with Crippen LogP contribution in [0.3, 0.4) is 0 Å². The van der Waals surface area contributed by atoms with Crippen molar-refractivity contribution in [2.75, 3.05) is 0 Å². The number of carbonyl (C=O) groups excluding carboxylic acids is 1. The van der Waals surface area contributed by atoms with E-state index in [1.807, 2.05) is 6.92 Å². The fourth-order valence-corrected chi connectivity index (χ4v) is 2.68. The highest BCUT2D eigenvalue weighted by molar-refractivity contribution is 7.89. The maximum absolute atomic E-state index is 12.0. The third kappa shape index (κ3) is 3.65. The van der Waals surface area contributed by atoms with Crippen LogP contribution in [0.4, 0.5) is 0 Å². The lowest BCUT2D eigenvalue weighted by Gasteiger charge is -2.15. The Bertz CT molecular complexity index is 603. The van der Waals surface area contributed by atoms with Gasteiger partial charge in [0.25, 0.3) is 10.0 Å². The lowest BCUT2D eigenvalue weighted by atomic mass is 10.0. The van der Waals surface area contributed by atoms with Crippen molar-refractivity contribution in [2.24, 2.45) is 0 Å². The first-order valence-electron chi connectivity index (χ1n) is 6.05. The molecule has 1 aromatic carbocycles. The molecule has 0 bridgehead atoms. The van der Waals surface area contributed by atoms with Crippen LogP contribution in [0.25, 0.3) is 0 Å². The van der Waals surface area contributed by atoms with Crippen molar-refractivity contribution in [1.82, 2.24) is 10.3 Å². The SMILES string of the molecule is Cc1ccc(S(=O)(=O)NNC2=CC(=O)CCC2)cc1. The third-order valence-electron chi connectivity index (χ3n) is 2.88. The molecule has 0 aliphatic heterocycles. The summed E-state index contributed by atoms with van der Waals surface area (Å²) in [7, 11) is -3.61. The monoisotopic (exact) mass is 280 g/mol. The Morgan fingerprint density at radius 1 is 1.11 bits per heavy atom. The van der Waals surface area contributed by atoms with Gasteiger partial charge in [0.05, 0.1) is 4.90 Å². The van der Waals surface area contributed by atoms with Crippen molar-refractivity contribution < 1.29 is 13.2 Å². The van der Waals surface area contributed by atoms with Crippen LogP contribution in [-0.4, -0.2) is 14.2 Å². The van der Waals surface area contributed by atoms with Crippen molar-refractivity contribution in [3.8, 4) is 0 Å². The largest absolute Gasteiger partial charge is 0.312 e. The second-order valence-electron chi connectivity index (χ2n) is 4.53. The van der Waals surface area contributed by atoms with Gasteiger partial charge in [-0.2, -0.15) is 0 Å². The minimum atomic E-state index is -3.61. The molecule has 102 valence electrons. The Hall–Kier alpha value is -1.66. The molecule has 0 radical (unpaired) electrons. The van der Waals surface area contributed by atoms with Crippen molar-refractivity contribution in [2.45, 2.75) is 31.1 Å². The van der Waals surface area contributed by atoms with Gasteiger partial charge in [0.15, 0.2) is 5.78 Å². The lowest BCUT2D eigenvalue weighted by Crippen LogP contribution is -2.37. The van der Waals surface area contributed by atoms with Crippen molar-refractivity contribution in [3.05, 3.63) is 41.6 Å². The van der Waals surface area contributed by atoms with Gasteiger partial charge in [0.1, 0.15) is 0 Å². The lowest BCUT2D eigenvalue weighted by molar-refractivity contribution is -0.115. The second-order valence-corrected chi connectivity index (χ2v) is 6.22. The van der Waals surface area contributed by atoms with E-state index in [9.17, 15) is 13.2 Å². The minimum Gasteiger partial charge on any atom is -0.312 e. The van der Waals surface area contributed by atoms with E-state index in [0.717, 1.165) is 12.0 Å². The fourth-order valence-electron chi connectivity index (χ4n) is 1.80. The molecule has 0 heterocycles. The van der Waals surface area contributed by atoms with Gasteiger partial charge in [-0.1, -0.05) is 17.7 Å². The molecule has 2 N–H and O–H groups in total. The molecule has 5 nitrogen and oxygen atoms in total. The maximum Gasteiger partial charge on any atom is 0.257 e. The predicted octanol–water partition coefficient (Wildman–Crippen LogP) is 1.41. The van der Waals surface area contributed by atoms with E-state index in [1.165, 1.54) is 6.08 Å². The summed E-state index contributed by atoms with van der Waals surface area (Å²) in [5.74, 6) is 0.0169. The number of carbonyl (C=O) groups is 1. The summed E-state index contributed by atoms with van der Waals surface area (Å²) in [6.07, 6.45) is 3.38. The van der Waals surface area contributed by atoms with E-state index in [2.05, 4.69) is 10.3 Å². The summed E-state index contributed by atoms with van der Waals surface area (Å²) in [6.45, 7) is 1.89. The molecular formula is C13H16N2O3S. The van der Waals surface area contributed by atoms with Gasteiger partial charge in [-0.25, -0.2) is 8.42 Å². The van der Waals surface area contributed by atoms with Crippen LogP contribution >= 0.6 is 0 Å². The second kappa shape index (κ2) is 5.54. The first kappa shape index (κ1) is 13.8. The summed E-state index contributed by atoms with van der Waals surface area (Å²) in [6, 6.07) is 6.55. The molecule has 19 heavy (non-hydrogen) atoms. The van der Waals surface area contributed by atoms with Gasteiger partial charge in [-0.15, -0.1) is 4.83 Å². The zero-order valence-electron chi connectivity index (χ0n) is 10.6. The molecule has 2 rings (SSSR count). The van der Waals surface area contributed by atoms with Gasteiger partial charge in [-0.05, 0) is 31.9 Å². The van der Waals surface area contributed by atoms with Crippen LogP contribution in [0, 0.1) is 6.92 Å². The Kier molecular flexibility index (Phi) is 4.01. The number of hydrazine groups is 1. The molecule has 6 heteroatoms. The number of rotatable bonds is 4. The van der Waals surface area contributed by atoms with E-state index < -0.39 is 10.0 Å². The van der Waals surface area contributed by atoms with Crippen LogP contribution < -0.4 is 10.3 Å². The highest BCUT2D eigenvalue weighted by atomic mass is 32.2. The molecule has 1 aromatic rings. The Balaban J connectivity index is 2.06. The van der Waals surface area contributed by atoms with E-state index in [-0.39, 0.29) is 10.7 Å². The number of ketones is 1. The molecule has 0 spiro atoms. The molecular weight excluding hydrogens is 264 g/mol. The van der Waals surface area contributed by atoms with Crippen molar-refractivity contribution in [1.29, 1.82) is 0 Å². The zero-order valence-corrected chi connectivity index (χ0v) is 11.5. The Morgan fingerprint density at radius 3 is 2.42 bits per heavy atom. The summed E-state index contributed by atoms with van der Waals surface area (Å²) in [5, 5.41) is 0. The number of benzene rings is 1. The fraction of sp³-hybridized carbons (Fsp3) is 0.308. The van der Waals surface area contributed by atoms with E-state index in [1.54, 1.807) is 24.3 Å². The number of nitrogens with one attached hydrogen (secondary N) is 2. The van der Waals surface area contributed by atoms with Gasteiger partial charge in [-0.3, -0.25) is 4.79 Å². The Morgan fingerprint density at radius 2 is 1.79 bits per heavy atom. The van der Waals surface area contributed by atoms with Crippen LogP contribution in [0.2, 0.25) is 0 Å².